The number of halogens is 1. The van der Waals surface area contributed by atoms with Crippen molar-refractivity contribution in [2.45, 2.75) is 31.2 Å². The van der Waals surface area contributed by atoms with Crippen LogP contribution in [-0.2, 0) is 4.79 Å². The third-order valence-electron chi connectivity index (χ3n) is 4.21. The smallest absolute Gasteiger partial charge is 0.261 e. The molecule has 3 rings (SSSR count). The highest BCUT2D eigenvalue weighted by Crippen LogP contribution is 2.32. The number of hydrogen-bond acceptors (Lipinski definition) is 4. The first-order valence-electron chi connectivity index (χ1n) is 7.55. The predicted octanol–water partition coefficient (Wildman–Crippen LogP) is 1.09. The average Bonchev–Trinajstić information content (AvgIpc) is 3.23. The Balaban J connectivity index is 0.00000192. The van der Waals surface area contributed by atoms with Gasteiger partial charge >= 0.3 is 0 Å². The molecule has 1 heterocycles. The second-order valence-electron chi connectivity index (χ2n) is 5.93. The average molecular weight is 338 g/mol. The van der Waals surface area contributed by atoms with Gasteiger partial charge < -0.3 is 11.1 Å². The molecule has 3 amide bonds. The Morgan fingerprint density at radius 3 is 2.22 bits per heavy atom. The number of unbranched alkanes of at least 4 members (excludes halogenated alkanes) is 1. The maximum Gasteiger partial charge on any atom is 0.261 e. The third-order valence-corrected chi connectivity index (χ3v) is 4.21. The summed E-state index contributed by atoms with van der Waals surface area (Å²) in [5.74, 6) is -0.569. The van der Waals surface area contributed by atoms with Crippen LogP contribution in [0.1, 0.15) is 46.4 Å². The molecular weight excluding hydrogens is 318 g/mol. The normalized spacial score (nSPS) is 17.5. The fourth-order valence-electron chi connectivity index (χ4n) is 2.58. The van der Waals surface area contributed by atoms with Crippen molar-refractivity contribution >= 4 is 30.1 Å². The van der Waals surface area contributed by atoms with E-state index < -0.39 is 5.54 Å². The summed E-state index contributed by atoms with van der Waals surface area (Å²) >= 11 is 0. The summed E-state index contributed by atoms with van der Waals surface area (Å²) in [5, 5.41) is 2.80. The van der Waals surface area contributed by atoms with Crippen molar-refractivity contribution in [3.8, 4) is 0 Å². The number of amides is 3. The minimum absolute atomic E-state index is 0. The molecule has 124 valence electrons. The SMILES string of the molecule is Cl.NC1(C(=O)NCCCCN2C(=O)c3ccccc3C2=O)CC1. The fraction of sp³-hybridized carbons (Fsp3) is 0.438. The van der Waals surface area contributed by atoms with Crippen LogP contribution in [0, 0.1) is 0 Å². The Morgan fingerprint density at radius 2 is 1.70 bits per heavy atom. The number of rotatable bonds is 6. The molecule has 1 aliphatic carbocycles. The molecule has 1 aliphatic heterocycles. The number of fused-ring (bicyclic) bond motifs is 1. The number of carbonyl (C=O) groups excluding carboxylic acids is 3. The van der Waals surface area contributed by atoms with Crippen molar-refractivity contribution < 1.29 is 14.4 Å². The van der Waals surface area contributed by atoms with Gasteiger partial charge in [-0.25, -0.2) is 0 Å². The van der Waals surface area contributed by atoms with Gasteiger partial charge in [0.15, 0.2) is 0 Å². The summed E-state index contributed by atoms with van der Waals surface area (Å²) in [6.07, 6.45) is 2.85. The third kappa shape index (κ3) is 3.38. The lowest BCUT2D eigenvalue weighted by molar-refractivity contribution is -0.123. The Labute approximate surface area is 140 Å². The van der Waals surface area contributed by atoms with Gasteiger partial charge in [-0.3, -0.25) is 19.3 Å². The summed E-state index contributed by atoms with van der Waals surface area (Å²) < 4.78 is 0. The van der Waals surface area contributed by atoms with Gasteiger partial charge in [0.2, 0.25) is 5.91 Å². The quantitative estimate of drug-likeness (QED) is 0.600. The molecular formula is C16H20ClN3O3. The number of nitrogens with one attached hydrogen (secondary N) is 1. The van der Waals surface area contributed by atoms with E-state index in [2.05, 4.69) is 5.32 Å². The standard InChI is InChI=1S/C16H19N3O3.ClH/c17-16(7-8-16)15(22)18-9-3-4-10-19-13(20)11-5-1-2-6-12(11)14(19)21;/h1-2,5-6H,3-4,7-10,17H2,(H,18,22);1H. The van der Waals surface area contributed by atoms with E-state index in [0.29, 0.717) is 37.1 Å². The topological polar surface area (TPSA) is 92.5 Å². The van der Waals surface area contributed by atoms with Gasteiger partial charge in [0.25, 0.3) is 11.8 Å². The van der Waals surface area contributed by atoms with E-state index in [-0.39, 0.29) is 30.1 Å². The summed E-state index contributed by atoms with van der Waals surface area (Å²) in [5.41, 5.74) is 6.07. The van der Waals surface area contributed by atoms with Crippen LogP contribution in [0.3, 0.4) is 0 Å². The van der Waals surface area contributed by atoms with E-state index in [1.165, 1.54) is 4.90 Å². The second kappa shape index (κ2) is 6.68. The van der Waals surface area contributed by atoms with Crippen LogP contribution in [0.15, 0.2) is 24.3 Å². The van der Waals surface area contributed by atoms with Crippen molar-refractivity contribution in [1.82, 2.24) is 10.2 Å². The predicted molar refractivity (Wildman–Crippen MR) is 87.5 cm³/mol. The van der Waals surface area contributed by atoms with Gasteiger partial charge in [0, 0.05) is 13.1 Å². The van der Waals surface area contributed by atoms with Gasteiger partial charge in [0.1, 0.15) is 0 Å². The van der Waals surface area contributed by atoms with Crippen LogP contribution >= 0.6 is 12.4 Å². The fourth-order valence-corrected chi connectivity index (χ4v) is 2.58. The first-order valence-corrected chi connectivity index (χ1v) is 7.55. The van der Waals surface area contributed by atoms with Crippen molar-refractivity contribution in [2.24, 2.45) is 5.73 Å². The van der Waals surface area contributed by atoms with E-state index in [4.69, 9.17) is 5.73 Å². The first kappa shape index (κ1) is 17.4. The second-order valence-corrected chi connectivity index (χ2v) is 5.93. The lowest BCUT2D eigenvalue weighted by Gasteiger charge is -2.14. The van der Waals surface area contributed by atoms with Crippen LogP contribution < -0.4 is 11.1 Å². The van der Waals surface area contributed by atoms with E-state index in [1.807, 2.05) is 0 Å². The Bertz CT molecular complexity index is 608. The maximum atomic E-state index is 12.1. The van der Waals surface area contributed by atoms with E-state index >= 15 is 0 Å². The Hall–Kier alpha value is -1.92. The monoisotopic (exact) mass is 337 g/mol. The molecule has 2 aliphatic rings. The molecule has 6 nitrogen and oxygen atoms in total. The Kier molecular flexibility index (Phi) is 5.06. The first-order chi connectivity index (χ1) is 10.5. The molecule has 1 aromatic rings. The zero-order valence-corrected chi connectivity index (χ0v) is 13.5. The zero-order chi connectivity index (χ0) is 15.7. The summed E-state index contributed by atoms with van der Waals surface area (Å²) in [6, 6.07) is 6.85. The van der Waals surface area contributed by atoms with Crippen LogP contribution in [-0.4, -0.2) is 41.2 Å². The van der Waals surface area contributed by atoms with Gasteiger partial charge in [-0.1, -0.05) is 12.1 Å². The summed E-state index contributed by atoms with van der Waals surface area (Å²) in [7, 11) is 0. The van der Waals surface area contributed by atoms with Gasteiger partial charge in [0.05, 0.1) is 16.7 Å². The molecule has 0 radical (unpaired) electrons. The molecule has 3 N–H and O–H groups in total. The molecule has 0 spiro atoms. The highest BCUT2D eigenvalue weighted by Gasteiger charge is 2.45. The number of carbonyl (C=O) groups is 3. The highest BCUT2D eigenvalue weighted by molar-refractivity contribution is 6.21. The molecule has 23 heavy (non-hydrogen) atoms. The van der Waals surface area contributed by atoms with Crippen LogP contribution in [0.4, 0.5) is 0 Å². The minimum Gasteiger partial charge on any atom is -0.355 e. The lowest BCUT2D eigenvalue weighted by atomic mass is 10.1. The largest absolute Gasteiger partial charge is 0.355 e. The van der Waals surface area contributed by atoms with Crippen molar-refractivity contribution in [3.63, 3.8) is 0 Å². The highest BCUT2D eigenvalue weighted by atomic mass is 35.5. The van der Waals surface area contributed by atoms with Gasteiger partial charge in [-0.05, 0) is 37.8 Å². The van der Waals surface area contributed by atoms with Crippen molar-refractivity contribution in [1.29, 1.82) is 0 Å². The Morgan fingerprint density at radius 1 is 1.13 bits per heavy atom. The molecule has 0 saturated heterocycles. The molecule has 0 atom stereocenters. The van der Waals surface area contributed by atoms with Gasteiger partial charge in [-0.15, -0.1) is 12.4 Å². The van der Waals surface area contributed by atoms with Crippen molar-refractivity contribution in [2.75, 3.05) is 13.1 Å². The van der Waals surface area contributed by atoms with Crippen LogP contribution in [0.25, 0.3) is 0 Å². The van der Waals surface area contributed by atoms with E-state index in [0.717, 1.165) is 12.8 Å². The molecule has 7 heteroatoms. The van der Waals surface area contributed by atoms with Gasteiger partial charge in [-0.2, -0.15) is 0 Å². The molecule has 0 bridgehead atoms. The summed E-state index contributed by atoms with van der Waals surface area (Å²) in [4.78, 5) is 37.2. The molecule has 1 aromatic carbocycles. The minimum atomic E-state index is -0.650. The maximum absolute atomic E-state index is 12.1. The van der Waals surface area contributed by atoms with Crippen LogP contribution in [0.5, 0.6) is 0 Å². The number of nitrogens with two attached hydrogens (primary N) is 1. The number of hydrogen-bond donors (Lipinski definition) is 2. The number of imide groups is 1. The van der Waals surface area contributed by atoms with Crippen LogP contribution in [0.2, 0.25) is 0 Å². The molecule has 1 fully saturated rings. The van der Waals surface area contributed by atoms with Crippen molar-refractivity contribution in [3.05, 3.63) is 35.4 Å². The summed E-state index contributed by atoms with van der Waals surface area (Å²) in [6.45, 7) is 0.886. The lowest BCUT2D eigenvalue weighted by Crippen LogP contribution is -2.43. The number of nitrogens with zero attached hydrogens (tertiary/aromatic N) is 1. The molecule has 0 aromatic heterocycles. The zero-order valence-electron chi connectivity index (χ0n) is 12.7. The molecule has 0 unspecified atom stereocenters. The number of benzene rings is 1. The van der Waals surface area contributed by atoms with E-state index in [9.17, 15) is 14.4 Å². The molecule has 1 saturated carbocycles. The van der Waals surface area contributed by atoms with E-state index in [1.54, 1.807) is 24.3 Å².